The lowest BCUT2D eigenvalue weighted by Crippen LogP contribution is -2.49. The number of nitrogens with zero attached hydrogens (tertiary/aromatic N) is 3. The Labute approximate surface area is 282 Å². The van der Waals surface area contributed by atoms with Gasteiger partial charge in [-0.15, -0.1) is 0 Å². The van der Waals surface area contributed by atoms with Crippen molar-refractivity contribution in [2.24, 2.45) is 0 Å². The van der Waals surface area contributed by atoms with E-state index in [0.29, 0.717) is 17.5 Å². The number of para-hydroxylation sites is 2. The largest absolute Gasteiger partial charge is 0.444 e. The molecule has 0 spiro atoms. The molecule has 1 unspecified atom stereocenters. The van der Waals surface area contributed by atoms with Gasteiger partial charge in [-0.25, -0.2) is 14.6 Å². The Bertz CT molecular complexity index is 1480. The summed E-state index contributed by atoms with van der Waals surface area (Å²) in [7, 11) is 0. The van der Waals surface area contributed by atoms with Crippen molar-refractivity contribution in [3.05, 3.63) is 47.5 Å². The average Bonchev–Trinajstić information content (AvgIpc) is 3.40. The molecule has 256 valence electrons. The number of nitrogens with one attached hydrogen (secondary N) is 2. The van der Waals surface area contributed by atoms with Gasteiger partial charge in [-0.3, -0.25) is 14.6 Å². The van der Waals surface area contributed by atoms with Gasteiger partial charge in [0.15, 0.2) is 5.58 Å². The van der Waals surface area contributed by atoms with Gasteiger partial charge in [0.2, 0.25) is 5.91 Å². The zero-order chi connectivity index (χ0) is 34.3. The molecule has 0 saturated carbocycles. The van der Waals surface area contributed by atoms with E-state index in [4.69, 9.17) is 13.9 Å². The Morgan fingerprint density at radius 1 is 0.957 bits per heavy atom. The van der Waals surface area contributed by atoms with Crippen molar-refractivity contribution in [3.63, 3.8) is 0 Å². The quantitative estimate of drug-likeness (QED) is 0.130. The number of hydrogen-bond donors (Lipinski definition) is 2. The lowest BCUT2D eigenvalue weighted by atomic mass is 9.92. The molecule has 1 atom stereocenters. The molecule has 2 aromatic carbocycles. The van der Waals surface area contributed by atoms with Crippen LogP contribution in [0.25, 0.3) is 11.1 Å². The monoisotopic (exact) mass is 667 g/mol. The molecule has 2 N–H and O–H groups in total. The Kier molecular flexibility index (Phi) is 12.3. The van der Waals surface area contributed by atoms with Gasteiger partial charge in [0.25, 0.3) is 5.22 Å². The van der Waals surface area contributed by atoms with Gasteiger partial charge >= 0.3 is 12.1 Å². The SMILES string of the molecule is CC(NC(=O)OC(C)(C)C)C(=O)Oc1cc(C(C)C)c(NC(=O)CN2CCN(CCSc3nc4ccccc4o3)CC2)c(C(C)C)c1. The number of thioether (sulfide) groups is 1. The first kappa shape index (κ1) is 36.2. The summed E-state index contributed by atoms with van der Waals surface area (Å²) in [6, 6.07) is 10.5. The molecule has 0 aliphatic carbocycles. The number of rotatable bonds is 12. The molecule has 1 fully saturated rings. The van der Waals surface area contributed by atoms with Crippen molar-refractivity contribution in [1.29, 1.82) is 0 Å². The second-order valence-corrected chi connectivity index (χ2v) is 14.6. The maximum absolute atomic E-state index is 13.3. The number of benzene rings is 2. The first-order valence-corrected chi connectivity index (χ1v) is 17.3. The predicted octanol–water partition coefficient (Wildman–Crippen LogP) is 6.24. The summed E-state index contributed by atoms with van der Waals surface area (Å²) in [5.74, 6) is 0.663. The maximum Gasteiger partial charge on any atom is 0.408 e. The second kappa shape index (κ2) is 16.0. The van der Waals surface area contributed by atoms with Gasteiger partial charge in [0.1, 0.15) is 22.9 Å². The molecule has 47 heavy (non-hydrogen) atoms. The normalized spacial score (nSPS) is 15.2. The van der Waals surface area contributed by atoms with Crippen LogP contribution in [0.1, 0.15) is 78.4 Å². The van der Waals surface area contributed by atoms with Crippen molar-refractivity contribution in [2.75, 3.05) is 50.3 Å². The van der Waals surface area contributed by atoms with Crippen LogP contribution in [0.15, 0.2) is 46.0 Å². The molecule has 0 radical (unpaired) electrons. The van der Waals surface area contributed by atoms with Crippen molar-refractivity contribution in [1.82, 2.24) is 20.1 Å². The first-order valence-electron chi connectivity index (χ1n) is 16.3. The summed E-state index contributed by atoms with van der Waals surface area (Å²) in [6.45, 7) is 19.6. The maximum atomic E-state index is 13.3. The van der Waals surface area contributed by atoms with Gasteiger partial charge < -0.3 is 24.5 Å². The smallest absolute Gasteiger partial charge is 0.408 e. The number of oxazole rings is 1. The Hall–Kier alpha value is -3.61. The molecule has 3 aromatic rings. The number of esters is 1. The van der Waals surface area contributed by atoms with Gasteiger partial charge in [0, 0.05) is 44.2 Å². The van der Waals surface area contributed by atoms with Gasteiger partial charge in [-0.05, 0) is 74.9 Å². The summed E-state index contributed by atoms with van der Waals surface area (Å²) in [4.78, 5) is 47.5. The third-order valence-electron chi connectivity index (χ3n) is 7.73. The van der Waals surface area contributed by atoms with Gasteiger partial charge in [0.05, 0.1) is 6.54 Å². The van der Waals surface area contributed by atoms with Gasteiger partial charge in [-0.2, -0.15) is 0 Å². The summed E-state index contributed by atoms with van der Waals surface area (Å²) < 4.78 is 16.8. The minimum atomic E-state index is -0.915. The van der Waals surface area contributed by atoms with E-state index in [1.165, 1.54) is 0 Å². The summed E-state index contributed by atoms with van der Waals surface area (Å²) in [5, 5.41) is 6.40. The molecule has 2 heterocycles. The molecule has 4 rings (SSSR count). The zero-order valence-corrected chi connectivity index (χ0v) is 29.7. The highest BCUT2D eigenvalue weighted by atomic mass is 32.2. The summed E-state index contributed by atoms with van der Waals surface area (Å²) in [6.07, 6.45) is -0.692. The number of piperazine rings is 1. The van der Waals surface area contributed by atoms with E-state index >= 15 is 0 Å². The Morgan fingerprint density at radius 3 is 2.17 bits per heavy atom. The molecule has 1 saturated heterocycles. The predicted molar refractivity (Wildman–Crippen MR) is 185 cm³/mol. The molecular formula is C35H49N5O6S. The number of carbonyl (C=O) groups excluding carboxylic acids is 3. The van der Waals surface area contributed by atoms with Crippen LogP contribution in [-0.2, 0) is 14.3 Å². The third kappa shape index (κ3) is 10.7. The lowest BCUT2D eigenvalue weighted by molar-refractivity contribution is -0.136. The summed E-state index contributed by atoms with van der Waals surface area (Å²) in [5.41, 5.74) is 3.51. The lowest BCUT2D eigenvalue weighted by Gasteiger charge is -2.34. The van der Waals surface area contributed by atoms with E-state index in [1.54, 1.807) is 51.6 Å². The van der Waals surface area contributed by atoms with Crippen LogP contribution in [0.3, 0.4) is 0 Å². The molecule has 1 aliphatic heterocycles. The van der Waals surface area contributed by atoms with Crippen molar-refractivity contribution in [3.8, 4) is 5.75 Å². The standard InChI is InChI=1S/C35H49N5O6S/c1-22(2)26-19-25(44-32(42)24(5)36-33(43)46-35(6,7)8)20-27(23(3)4)31(26)38-30(41)21-40-15-13-39(14-16-40)17-18-47-34-37-28-11-9-10-12-29(28)45-34/h9-12,19-20,22-24H,13-18,21H2,1-8H3,(H,36,43)(H,38,41). The minimum absolute atomic E-state index is 0.0509. The fourth-order valence-electron chi connectivity index (χ4n) is 5.25. The summed E-state index contributed by atoms with van der Waals surface area (Å²) >= 11 is 1.62. The Balaban J connectivity index is 1.30. The number of ether oxygens (including phenoxy) is 2. The van der Waals surface area contributed by atoms with Crippen LogP contribution in [0.5, 0.6) is 5.75 Å². The third-order valence-corrected chi connectivity index (χ3v) is 8.53. The molecule has 11 nitrogen and oxygen atoms in total. The molecule has 12 heteroatoms. The van der Waals surface area contributed by atoms with E-state index in [1.807, 2.05) is 52.0 Å². The molecular weight excluding hydrogens is 618 g/mol. The van der Waals surface area contributed by atoms with Crippen LogP contribution in [0.4, 0.5) is 10.5 Å². The molecule has 2 amide bonds. The van der Waals surface area contributed by atoms with E-state index in [9.17, 15) is 14.4 Å². The van der Waals surface area contributed by atoms with Crippen molar-refractivity contribution < 1.29 is 28.3 Å². The van der Waals surface area contributed by atoms with E-state index in [0.717, 1.165) is 66.4 Å². The second-order valence-electron chi connectivity index (χ2n) is 13.5. The van der Waals surface area contributed by atoms with Crippen LogP contribution in [-0.4, -0.2) is 89.4 Å². The number of aromatic nitrogens is 1. The Morgan fingerprint density at radius 2 is 1.57 bits per heavy atom. The van der Waals surface area contributed by atoms with Gasteiger partial charge in [-0.1, -0.05) is 51.6 Å². The highest BCUT2D eigenvalue weighted by Crippen LogP contribution is 2.37. The van der Waals surface area contributed by atoms with Crippen LogP contribution in [0.2, 0.25) is 0 Å². The number of anilines is 1. The average molecular weight is 668 g/mol. The van der Waals surface area contributed by atoms with E-state index < -0.39 is 23.7 Å². The number of hydrogen-bond acceptors (Lipinski definition) is 10. The van der Waals surface area contributed by atoms with Crippen molar-refractivity contribution in [2.45, 2.75) is 84.1 Å². The first-order chi connectivity index (χ1) is 22.2. The topological polar surface area (TPSA) is 126 Å². The zero-order valence-electron chi connectivity index (χ0n) is 28.8. The minimum Gasteiger partial charge on any atom is -0.444 e. The fourth-order valence-corrected chi connectivity index (χ4v) is 6.08. The van der Waals surface area contributed by atoms with Crippen LogP contribution < -0.4 is 15.4 Å². The fraction of sp³-hybridized carbons (Fsp3) is 0.543. The van der Waals surface area contributed by atoms with Crippen LogP contribution >= 0.6 is 11.8 Å². The molecule has 1 aliphatic rings. The highest BCUT2D eigenvalue weighted by Gasteiger charge is 2.25. The van der Waals surface area contributed by atoms with E-state index in [-0.39, 0.29) is 17.7 Å². The number of amides is 2. The molecule has 1 aromatic heterocycles. The number of alkyl carbamates (subject to hydrolysis) is 1. The number of fused-ring (bicyclic) bond motifs is 1. The van der Waals surface area contributed by atoms with Crippen LogP contribution in [0, 0.1) is 0 Å². The van der Waals surface area contributed by atoms with E-state index in [2.05, 4.69) is 25.4 Å². The van der Waals surface area contributed by atoms with Crippen molar-refractivity contribution >= 4 is 46.5 Å². The highest BCUT2D eigenvalue weighted by molar-refractivity contribution is 7.99. The molecule has 0 bridgehead atoms. The number of carbonyl (C=O) groups is 3.